The highest BCUT2D eigenvalue weighted by molar-refractivity contribution is 7.09. The Labute approximate surface area is 146 Å². The number of hydrogen-bond acceptors (Lipinski definition) is 5. The zero-order chi connectivity index (χ0) is 16.9. The Hall–Kier alpha value is -1.92. The Morgan fingerprint density at radius 2 is 2.25 bits per heavy atom. The first-order chi connectivity index (χ1) is 11.6. The fourth-order valence-electron chi connectivity index (χ4n) is 2.71. The van der Waals surface area contributed by atoms with Crippen LogP contribution in [0.25, 0.3) is 0 Å². The average molecular weight is 346 g/mol. The number of carbonyl (C=O) groups excluding carboxylic acids is 1. The van der Waals surface area contributed by atoms with Crippen LogP contribution in [-0.2, 0) is 11.3 Å². The number of nitrogens with zero attached hydrogens (tertiary/aromatic N) is 1. The zero-order valence-electron chi connectivity index (χ0n) is 14.0. The van der Waals surface area contributed by atoms with Gasteiger partial charge in [0.2, 0.25) is 0 Å². The summed E-state index contributed by atoms with van der Waals surface area (Å²) in [5, 5.41) is 6.02. The van der Waals surface area contributed by atoms with E-state index in [0.29, 0.717) is 12.2 Å². The van der Waals surface area contributed by atoms with E-state index in [1.54, 1.807) is 23.5 Å². The number of hydrogen-bond donors (Lipinski definition) is 1. The number of rotatable bonds is 6. The second kappa shape index (κ2) is 7.77. The highest BCUT2D eigenvalue weighted by Gasteiger charge is 2.23. The van der Waals surface area contributed by atoms with Crippen molar-refractivity contribution in [3.05, 3.63) is 45.9 Å². The fraction of sp³-hybridized carbons (Fsp3) is 0.444. The number of amides is 1. The van der Waals surface area contributed by atoms with Crippen molar-refractivity contribution in [3.8, 4) is 5.75 Å². The van der Waals surface area contributed by atoms with Crippen molar-refractivity contribution >= 4 is 17.2 Å². The lowest BCUT2D eigenvalue weighted by Gasteiger charge is -2.20. The molecule has 1 fully saturated rings. The number of ether oxygens (including phenoxy) is 2. The van der Waals surface area contributed by atoms with E-state index in [-0.39, 0.29) is 18.1 Å². The molecule has 0 saturated carbocycles. The van der Waals surface area contributed by atoms with Crippen molar-refractivity contribution in [3.63, 3.8) is 0 Å². The molecule has 2 aromatic rings. The topological polar surface area (TPSA) is 60.5 Å². The zero-order valence-corrected chi connectivity index (χ0v) is 14.8. The van der Waals surface area contributed by atoms with Crippen LogP contribution >= 0.6 is 11.3 Å². The second-order valence-electron chi connectivity index (χ2n) is 5.98. The van der Waals surface area contributed by atoms with Gasteiger partial charge in [0.15, 0.2) is 0 Å². The van der Waals surface area contributed by atoms with Gasteiger partial charge in [-0.2, -0.15) is 0 Å². The smallest absolute Gasteiger partial charge is 0.251 e. The molecule has 0 spiro atoms. The van der Waals surface area contributed by atoms with Gasteiger partial charge in [-0.1, -0.05) is 0 Å². The van der Waals surface area contributed by atoms with Gasteiger partial charge < -0.3 is 14.8 Å². The van der Waals surface area contributed by atoms with E-state index >= 15 is 0 Å². The average Bonchev–Trinajstić information content (AvgIpc) is 3.25. The summed E-state index contributed by atoms with van der Waals surface area (Å²) in [6.07, 6.45) is 2.19. The third-order valence-electron chi connectivity index (χ3n) is 4.05. The van der Waals surface area contributed by atoms with Gasteiger partial charge in [-0.25, -0.2) is 4.98 Å². The van der Waals surface area contributed by atoms with Gasteiger partial charge in [0, 0.05) is 17.6 Å². The molecule has 0 unspecified atom stereocenters. The normalized spacial score (nSPS) is 18.3. The van der Waals surface area contributed by atoms with E-state index in [9.17, 15) is 4.79 Å². The molecule has 0 radical (unpaired) electrons. The van der Waals surface area contributed by atoms with Crippen molar-refractivity contribution in [1.82, 2.24) is 10.3 Å². The van der Waals surface area contributed by atoms with Gasteiger partial charge in [-0.3, -0.25) is 4.79 Å². The molecule has 1 aromatic carbocycles. The van der Waals surface area contributed by atoms with Crippen LogP contribution < -0.4 is 10.1 Å². The standard InChI is InChI=1S/C18H22N2O3S/c1-12(17-4-3-9-22-17)19-18(21)14-5-7-16(8-6-14)23-10-15-11-24-13(2)20-15/h5-8,11-12,17H,3-4,9-10H2,1-2H3,(H,19,21)/t12-,17-/m0/s1. The highest BCUT2D eigenvalue weighted by atomic mass is 32.1. The van der Waals surface area contributed by atoms with Crippen LogP contribution in [0.2, 0.25) is 0 Å². The van der Waals surface area contributed by atoms with Gasteiger partial charge in [-0.15, -0.1) is 11.3 Å². The fourth-order valence-corrected chi connectivity index (χ4v) is 3.31. The lowest BCUT2D eigenvalue weighted by Crippen LogP contribution is -2.40. The van der Waals surface area contributed by atoms with Crippen molar-refractivity contribution in [2.75, 3.05) is 6.61 Å². The van der Waals surface area contributed by atoms with E-state index in [1.165, 1.54) is 0 Å². The molecule has 1 N–H and O–H groups in total. The third-order valence-corrected chi connectivity index (χ3v) is 4.87. The molecule has 2 heterocycles. The molecule has 1 aliphatic rings. The Morgan fingerprint density at radius 3 is 2.88 bits per heavy atom. The lowest BCUT2D eigenvalue weighted by atomic mass is 10.1. The highest BCUT2D eigenvalue weighted by Crippen LogP contribution is 2.18. The van der Waals surface area contributed by atoms with Gasteiger partial charge >= 0.3 is 0 Å². The number of benzene rings is 1. The SMILES string of the molecule is Cc1nc(COc2ccc(C(=O)N[C@@H](C)[C@@H]3CCCO3)cc2)cs1. The number of aromatic nitrogens is 1. The molecule has 0 bridgehead atoms. The van der Waals surface area contributed by atoms with Crippen molar-refractivity contribution in [2.45, 2.75) is 45.4 Å². The molecule has 0 aliphatic carbocycles. The molecular weight excluding hydrogens is 324 g/mol. The third kappa shape index (κ3) is 4.33. The van der Waals surface area contributed by atoms with Crippen LogP contribution in [0, 0.1) is 6.92 Å². The van der Waals surface area contributed by atoms with Gasteiger partial charge in [0.25, 0.3) is 5.91 Å². The number of nitrogens with one attached hydrogen (secondary N) is 1. The Balaban J connectivity index is 1.52. The van der Waals surface area contributed by atoms with E-state index in [1.807, 2.05) is 31.4 Å². The number of aryl methyl sites for hydroxylation is 1. The van der Waals surface area contributed by atoms with Crippen LogP contribution in [0.5, 0.6) is 5.75 Å². The monoisotopic (exact) mass is 346 g/mol. The molecule has 1 aliphatic heterocycles. The summed E-state index contributed by atoms with van der Waals surface area (Å²) < 4.78 is 11.3. The predicted molar refractivity (Wildman–Crippen MR) is 93.5 cm³/mol. The lowest BCUT2D eigenvalue weighted by molar-refractivity contribution is 0.0712. The minimum absolute atomic E-state index is 0.0174. The van der Waals surface area contributed by atoms with Gasteiger partial charge in [-0.05, 0) is 51.0 Å². The van der Waals surface area contributed by atoms with E-state index in [2.05, 4.69) is 10.3 Å². The molecule has 1 saturated heterocycles. The van der Waals surface area contributed by atoms with Crippen LogP contribution in [0.3, 0.4) is 0 Å². The maximum Gasteiger partial charge on any atom is 0.251 e. The molecule has 6 heteroatoms. The number of carbonyl (C=O) groups is 1. The van der Waals surface area contributed by atoms with Crippen molar-refractivity contribution in [1.29, 1.82) is 0 Å². The Kier molecular flexibility index (Phi) is 5.48. The first kappa shape index (κ1) is 16.9. The van der Waals surface area contributed by atoms with E-state index < -0.39 is 0 Å². The summed E-state index contributed by atoms with van der Waals surface area (Å²) in [5.74, 6) is 0.643. The minimum atomic E-state index is -0.0836. The van der Waals surface area contributed by atoms with Gasteiger partial charge in [0.1, 0.15) is 12.4 Å². The first-order valence-electron chi connectivity index (χ1n) is 8.18. The maximum atomic E-state index is 12.3. The summed E-state index contributed by atoms with van der Waals surface area (Å²) in [6, 6.07) is 7.19. The largest absolute Gasteiger partial charge is 0.487 e. The van der Waals surface area contributed by atoms with Crippen LogP contribution in [-0.4, -0.2) is 29.6 Å². The summed E-state index contributed by atoms with van der Waals surface area (Å²) in [7, 11) is 0. The quantitative estimate of drug-likeness (QED) is 0.871. The number of thiazole rings is 1. The molecule has 3 rings (SSSR count). The summed E-state index contributed by atoms with van der Waals surface area (Å²) in [4.78, 5) is 16.6. The second-order valence-corrected chi connectivity index (χ2v) is 7.05. The van der Waals surface area contributed by atoms with E-state index in [4.69, 9.17) is 9.47 Å². The Morgan fingerprint density at radius 1 is 1.46 bits per heavy atom. The summed E-state index contributed by atoms with van der Waals surface area (Å²) >= 11 is 1.61. The molecule has 5 nitrogen and oxygen atoms in total. The minimum Gasteiger partial charge on any atom is -0.487 e. The molecule has 24 heavy (non-hydrogen) atoms. The van der Waals surface area contributed by atoms with Crippen molar-refractivity contribution in [2.24, 2.45) is 0 Å². The van der Waals surface area contributed by atoms with Crippen molar-refractivity contribution < 1.29 is 14.3 Å². The molecule has 128 valence electrons. The van der Waals surface area contributed by atoms with Gasteiger partial charge in [0.05, 0.1) is 22.8 Å². The van der Waals surface area contributed by atoms with Crippen LogP contribution in [0.1, 0.15) is 40.8 Å². The molecule has 1 amide bonds. The molecular formula is C18H22N2O3S. The predicted octanol–water partition coefficient (Wildman–Crippen LogP) is 3.33. The summed E-state index contributed by atoms with van der Waals surface area (Å²) in [5.41, 5.74) is 1.54. The molecule has 2 atom stereocenters. The first-order valence-corrected chi connectivity index (χ1v) is 9.06. The maximum absolute atomic E-state index is 12.3. The Bertz CT molecular complexity index is 678. The van der Waals surface area contributed by atoms with Crippen LogP contribution in [0.15, 0.2) is 29.6 Å². The van der Waals surface area contributed by atoms with Crippen LogP contribution in [0.4, 0.5) is 0 Å². The molecule has 1 aromatic heterocycles. The van der Waals surface area contributed by atoms with E-state index in [0.717, 1.165) is 35.9 Å². The summed E-state index contributed by atoms with van der Waals surface area (Å²) in [6.45, 7) is 5.18.